The fraction of sp³-hybridized carbons (Fsp3) is 0.500. The summed E-state index contributed by atoms with van der Waals surface area (Å²) >= 11 is 0. The average molecular weight is 458 g/mol. The number of aliphatic hydroxyl groups is 1. The number of carbonyl (C=O) groups is 1. The number of primary amides is 1. The number of ether oxygens (including phenoxy) is 1. The van der Waals surface area contributed by atoms with E-state index in [4.69, 9.17) is 14.9 Å². The lowest BCUT2D eigenvalue weighted by Gasteiger charge is -2.37. The molecule has 176 valence electrons. The fourth-order valence-corrected chi connectivity index (χ4v) is 4.42. The Bertz CT molecular complexity index is 928. The van der Waals surface area contributed by atoms with Crippen LogP contribution in [0.15, 0.2) is 48.5 Å². The maximum atomic E-state index is 11.5. The molecule has 5 nitrogen and oxygen atoms in total. The van der Waals surface area contributed by atoms with Gasteiger partial charge in [-0.15, -0.1) is 0 Å². The maximum Gasteiger partial charge on any atom is 0.404 e. The molecule has 0 aliphatic heterocycles. The Labute approximate surface area is 194 Å². The van der Waals surface area contributed by atoms with E-state index in [1.54, 1.807) is 0 Å². The van der Waals surface area contributed by atoms with Crippen molar-refractivity contribution in [3.63, 3.8) is 0 Å². The minimum atomic E-state index is -2.01. The highest BCUT2D eigenvalue weighted by molar-refractivity contribution is 6.74. The van der Waals surface area contributed by atoms with Gasteiger partial charge < -0.3 is 20.0 Å². The van der Waals surface area contributed by atoms with Crippen molar-refractivity contribution in [3.05, 3.63) is 65.2 Å². The van der Waals surface area contributed by atoms with Gasteiger partial charge in [-0.3, -0.25) is 0 Å². The van der Waals surface area contributed by atoms with E-state index < -0.39 is 32.0 Å². The summed E-state index contributed by atoms with van der Waals surface area (Å²) in [5.41, 5.74) is 7.53. The molecule has 32 heavy (non-hydrogen) atoms. The second kappa shape index (κ2) is 9.67. The molecule has 3 N–H and O–H groups in total. The van der Waals surface area contributed by atoms with E-state index in [0.29, 0.717) is 6.42 Å². The zero-order valence-electron chi connectivity index (χ0n) is 20.7. The number of carbonyl (C=O) groups excluding carboxylic acids is 1. The molecule has 2 rings (SSSR count). The number of para-hydroxylation sites is 1. The highest BCUT2D eigenvalue weighted by Crippen LogP contribution is 2.39. The zero-order valence-corrected chi connectivity index (χ0v) is 21.7. The quantitative estimate of drug-likeness (QED) is 0.485. The van der Waals surface area contributed by atoms with Crippen molar-refractivity contribution >= 4 is 14.4 Å². The topological polar surface area (TPSA) is 81.8 Å². The molecule has 0 heterocycles. The first kappa shape index (κ1) is 25.9. The predicted octanol–water partition coefficient (Wildman–Crippen LogP) is 6.20. The van der Waals surface area contributed by atoms with Gasteiger partial charge in [0.1, 0.15) is 18.0 Å². The summed E-state index contributed by atoms with van der Waals surface area (Å²) in [7, 11) is -2.01. The summed E-state index contributed by atoms with van der Waals surface area (Å²) in [6.45, 7) is 16.9. The molecule has 6 heteroatoms. The zero-order chi connectivity index (χ0) is 24.3. The van der Waals surface area contributed by atoms with Gasteiger partial charge in [0, 0.05) is 11.8 Å². The maximum absolute atomic E-state index is 11.5. The van der Waals surface area contributed by atoms with E-state index in [0.717, 1.165) is 22.4 Å². The molecule has 0 spiro atoms. The predicted molar refractivity (Wildman–Crippen MR) is 132 cm³/mol. The summed E-state index contributed by atoms with van der Waals surface area (Å²) < 4.78 is 11.9. The van der Waals surface area contributed by atoms with E-state index in [1.807, 2.05) is 63.2 Å². The summed E-state index contributed by atoms with van der Waals surface area (Å²) in [6.07, 6.45) is -2.09. The van der Waals surface area contributed by atoms with E-state index in [9.17, 15) is 9.90 Å². The Hall–Kier alpha value is -2.31. The third kappa shape index (κ3) is 6.36. The number of hydrogen-bond donors (Lipinski definition) is 2. The molecule has 0 aliphatic carbocycles. The number of aliphatic hydroxyl groups excluding tert-OH is 1. The van der Waals surface area contributed by atoms with Crippen LogP contribution in [0.2, 0.25) is 18.1 Å². The monoisotopic (exact) mass is 457 g/mol. The van der Waals surface area contributed by atoms with Crippen LogP contribution in [0.4, 0.5) is 4.79 Å². The van der Waals surface area contributed by atoms with Gasteiger partial charge in [0.25, 0.3) is 0 Å². The SMILES string of the molecule is CC(C)(C)C(OC(N)=O)C(O)c1ccccc1Cc1ccccc1O[Si](C)(C)C(C)(C)C. The molecule has 0 aromatic heterocycles. The average Bonchev–Trinajstić information content (AvgIpc) is 2.65. The van der Waals surface area contributed by atoms with Crippen molar-refractivity contribution in [2.45, 2.75) is 78.3 Å². The van der Waals surface area contributed by atoms with Gasteiger partial charge in [-0.2, -0.15) is 0 Å². The van der Waals surface area contributed by atoms with Crippen LogP contribution in [0.25, 0.3) is 0 Å². The molecule has 2 unspecified atom stereocenters. The van der Waals surface area contributed by atoms with Crippen LogP contribution in [0.3, 0.4) is 0 Å². The van der Waals surface area contributed by atoms with Crippen LogP contribution in [-0.4, -0.2) is 25.6 Å². The van der Waals surface area contributed by atoms with Gasteiger partial charge in [-0.05, 0) is 40.9 Å². The van der Waals surface area contributed by atoms with E-state index in [1.165, 1.54) is 0 Å². The molecule has 0 saturated heterocycles. The molecule has 0 aliphatic rings. The fourth-order valence-electron chi connectivity index (χ4n) is 3.37. The summed E-state index contributed by atoms with van der Waals surface area (Å²) in [6, 6.07) is 15.8. The van der Waals surface area contributed by atoms with Gasteiger partial charge in [-0.25, -0.2) is 4.79 Å². The Kier molecular flexibility index (Phi) is 7.84. The van der Waals surface area contributed by atoms with Crippen molar-refractivity contribution in [3.8, 4) is 5.75 Å². The first-order chi connectivity index (χ1) is 14.6. The van der Waals surface area contributed by atoms with E-state index in [2.05, 4.69) is 39.9 Å². The third-order valence-corrected chi connectivity index (χ3v) is 10.6. The minimum absolute atomic E-state index is 0.0836. The standard InChI is InChI=1S/C26H39NO4Si/c1-25(2,3)23(30-24(27)29)22(28)20-15-11-9-13-18(20)17-19-14-10-12-16-21(19)31-32(7,8)26(4,5)6/h9-16,22-23,28H,17H2,1-8H3,(H2,27,29). The van der Waals surface area contributed by atoms with Gasteiger partial charge in [0.15, 0.2) is 0 Å². The van der Waals surface area contributed by atoms with E-state index in [-0.39, 0.29) is 5.04 Å². The number of benzene rings is 2. The second-order valence-electron chi connectivity index (χ2n) is 11.0. The largest absolute Gasteiger partial charge is 0.543 e. The number of rotatable bonds is 7. The molecule has 0 radical (unpaired) electrons. The third-order valence-electron chi connectivity index (χ3n) is 6.28. The number of amides is 1. The van der Waals surface area contributed by atoms with Gasteiger partial charge >= 0.3 is 6.09 Å². The molecular weight excluding hydrogens is 418 g/mol. The van der Waals surface area contributed by atoms with Crippen LogP contribution in [0, 0.1) is 5.41 Å². The van der Waals surface area contributed by atoms with E-state index >= 15 is 0 Å². The molecule has 1 amide bonds. The highest BCUT2D eigenvalue weighted by Gasteiger charge is 2.39. The second-order valence-corrected chi connectivity index (χ2v) is 15.7. The highest BCUT2D eigenvalue weighted by atomic mass is 28.4. The first-order valence-electron chi connectivity index (χ1n) is 11.1. The molecular formula is C26H39NO4Si. The van der Waals surface area contributed by atoms with Crippen molar-refractivity contribution in [2.24, 2.45) is 11.1 Å². The van der Waals surface area contributed by atoms with Gasteiger partial charge in [-0.1, -0.05) is 84.0 Å². The lowest BCUT2D eigenvalue weighted by Crippen LogP contribution is -2.44. The summed E-state index contributed by atoms with van der Waals surface area (Å²) in [5, 5.41) is 11.3. The molecule has 2 atom stereocenters. The van der Waals surface area contributed by atoms with Crippen molar-refractivity contribution in [1.82, 2.24) is 0 Å². The van der Waals surface area contributed by atoms with Crippen molar-refractivity contribution in [2.75, 3.05) is 0 Å². The smallest absolute Gasteiger partial charge is 0.404 e. The Morgan fingerprint density at radius 2 is 1.50 bits per heavy atom. The number of nitrogens with two attached hydrogens (primary N) is 1. The molecule has 0 saturated carbocycles. The molecule has 2 aromatic rings. The lowest BCUT2D eigenvalue weighted by molar-refractivity contribution is -0.0527. The van der Waals surface area contributed by atoms with Crippen LogP contribution in [-0.2, 0) is 11.2 Å². The summed E-state index contributed by atoms with van der Waals surface area (Å²) in [4.78, 5) is 11.5. The van der Waals surface area contributed by atoms with Crippen LogP contribution < -0.4 is 10.2 Å². The first-order valence-corrected chi connectivity index (χ1v) is 14.0. The Morgan fingerprint density at radius 1 is 0.969 bits per heavy atom. The Balaban J connectivity index is 2.42. The molecule has 0 bridgehead atoms. The van der Waals surface area contributed by atoms with Crippen LogP contribution in [0.1, 0.15) is 64.3 Å². The Morgan fingerprint density at radius 3 is 2.03 bits per heavy atom. The lowest BCUT2D eigenvalue weighted by atomic mass is 9.81. The van der Waals surface area contributed by atoms with Gasteiger partial charge in [0.2, 0.25) is 8.32 Å². The van der Waals surface area contributed by atoms with Crippen molar-refractivity contribution in [1.29, 1.82) is 0 Å². The number of hydrogen-bond acceptors (Lipinski definition) is 4. The van der Waals surface area contributed by atoms with Crippen LogP contribution >= 0.6 is 0 Å². The van der Waals surface area contributed by atoms with Crippen LogP contribution in [0.5, 0.6) is 5.75 Å². The normalized spacial score (nSPS) is 14.5. The summed E-state index contributed by atoms with van der Waals surface area (Å²) in [5.74, 6) is 0.879. The van der Waals surface area contributed by atoms with Gasteiger partial charge in [0.05, 0.1) is 0 Å². The molecule has 0 fully saturated rings. The minimum Gasteiger partial charge on any atom is -0.543 e. The molecule has 2 aromatic carbocycles. The van der Waals surface area contributed by atoms with Crippen molar-refractivity contribution < 1.29 is 19.1 Å².